The van der Waals surface area contributed by atoms with Gasteiger partial charge >= 0.3 is 5.97 Å². The van der Waals surface area contributed by atoms with Gasteiger partial charge in [-0.25, -0.2) is 4.79 Å². The Hall–Kier alpha value is -1.65. The van der Waals surface area contributed by atoms with Crippen LogP contribution in [0.3, 0.4) is 0 Å². The first-order valence-electron chi connectivity index (χ1n) is 6.79. The summed E-state index contributed by atoms with van der Waals surface area (Å²) in [4.78, 5) is 11.0. The molecule has 0 radical (unpaired) electrons. The highest BCUT2D eigenvalue weighted by Crippen LogP contribution is 2.30. The molecule has 0 saturated carbocycles. The zero-order valence-corrected chi connectivity index (χ0v) is 11.8. The smallest absolute Gasteiger partial charge is 0.330 e. The summed E-state index contributed by atoms with van der Waals surface area (Å²) in [7, 11) is 1.37. The summed E-state index contributed by atoms with van der Waals surface area (Å²) in [6.45, 7) is 2.04. The molecule has 3 atom stereocenters. The van der Waals surface area contributed by atoms with Gasteiger partial charge in [-0.3, -0.25) is 0 Å². The highest BCUT2D eigenvalue weighted by atomic mass is 16.7. The van der Waals surface area contributed by atoms with Gasteiger partial charge in [-0.1, -0.05) is 36.4 Å². The van der Waals surface area contributed by atoms with E-state index in [1.165, 1.54) is 13.2 Å². The van der Waals surface area contributed by atoms with E-state index < -0.39 is 0 Å². The minimum absolute atomic E-state index is 0.0462. The summed E-state index contributed by atoms with van der Waals surface area (Å²) in [5.41, 5.74) is 1.01. The molecule has 0 aliphatic carbocycles. The van der Waals surface area contributed by atoms with Crippen molar-refractivity contribution >= 4 is 5.97 Å². The third-order valence-electron chi connectivity index (χ3n) is 3.19. The maximum absolute atomic E-state index is 11.0. The van der Waals surface area contributed by atoms with Crippen LogP contribution in [0, 0.1) is 0 Å². The van der Waals surface area contributed by atoms with Crippen LogP contribution in [0.15, 0.2) is 42.5 Å². The molecule has 0 bridgehead atoms. The summed E-state index contributed by atoms with van der Waals surface area (Å²) in [6, 6.07) is 9.88. The summed E-state index contributed by atoms with van der Waals surface area (Å²) in [5.74, 6) is -0.343. The molecule has 1 aromatic rings. The number of carbonyl (C=O) groups excluding carboxylic acids is 1. The largest absolute Gasteiger partial charge is 0.466 e. The minimum atomic E-state index is -0.343. The molecule has 1 aliphatic rings. The van der Waals surface area contributed by atoms with Crippen LogP contribution in [0.4, 0.5) is 0 Å². The van der Waals surface area contributed by atoms with E-state index in [1.54, 1.807) is 6.08 Å². The molecule has 1 saturated heterocycles. The molecule has 108 valence electrons. The van der Waals surface area contributed by atoms with Crippen LogP contribution in [0.2, 0.25) is 0 Å². The number of hydrogen-bond acceptors (Lipinski definition) is 4. The standard InChI is InChI=1S/C16H20O4/c1-12-11-14(9-6-10-15(17)18-2)20-16(19-12)13-7-4-3-5-8-13/h3-8,10,12,14,16H,9,11H2,1-2H3/b10-6-/t12-,14+,16-/m1/s1. The van der Waals surface area contributed by atoms with Crippen LogP contribution in [-0.2, 0) is 19.0 Å². The third-order valence-corrected chi connectivity index (χ3v) is 3.19. The Bertz CT molecular complexity index is 455. The Morgan fingerprint density at radius 3 is 2.80 bits per heavy atom. The number of benzene rings is 1. The molecule has 2 rings (SSSR count). The van der Waals surface area contributed by atoms with E-state index in [-0.39, 0.29) is 24.5 Å². The second-order valence-electron chi connectivity index (χ2n) is 4.84. The average Bonchev–Trinajstić information content (AvgIpc) is 2.47. The van der Waals surface area contributed by atoms with Crippen LogP contribution >= 0.6 is 0 Å². The number of rotatable bonds is 4. The van der Waals surface area contributed by atoms with Gasteiger partial charge in [0.05, 0.1) is 19.3 Å². The molecular weight excluding hydrogens is 256 g/mol. The molecule has 4 heteroatoms. The van der Waals surface area contributed by atoms with E-state index in [9.17, 15) is 4.79 Å². The lowest BCUT2D eigenvalue weighted by molar-refractivity contribution is -0.242. The number of hydrogen-bond donors (Lipinski definition) is 0. The molecule has 0 N–H and O–H groups in total. The summed E-state index contributed by atoms with van der Waals surface area (Å²) < 4.78 is 16.3. The molecule has 1 aromatic carbocycles. The molecule has 0 amide bonds. The second-order valence-corrected chi connectivity index (χ2v) is 4.84. The van der Waals surface area contributed by atoms with Crippen LogP contribution in [-0.4, -0.2) is 25.3 Å². The predicted octanol–water partition coefficient (Wildman–Crippen LogP) is 3.00. The van der Waals surface area contributed by atoms with E-state index in [2.05, 4.69) is 4.74 Å². The number of esters is 1. The Balaban J connectivity index is 1.95. The van der Waals surface area contributed by atoms with Crippen molar-refractivity contribution in [3.8, 4) is 0 Å². The van der Waals surface area contributed by atoms with Crippen LogP contribution in [0.25, 0.3) is 0 Å². The number of carbonyl (C=O) groups is 1. The first kappa shape index (κ1) is 14.8. The Labute approximate surface area is 119 Å². The van der Waals surface area contributed by atoms with Crippen molar-refractivity contribution in [2.45, 2.75) is 38.3 Å². The number of ether oxygens (including phenoxy) is 3. The molecule has 1 heterocycles. The van der Waals surface area contributed by atoms with E-state index in [1.807, 2.05) is 37.3 Å². The van der Waals surface area contributed by atoms with Crippen LogP contribution in [0.5, 0.6) is 0 Å². The lowest BCUT2D eigenvalue weighted by Crippen LogP contribution is -2.31. The summed E-state index contributed by atoms with van der Waals surface area (Å²) in [6.07, 6.45) is 4.55. The molecule has 1 fully saturated rings. The van der Waals surface area contributed by atoms with E-state index in [0.717, 1.165) is 12.0 Å². The van der Waals surface area contributed by atoms with Crippen molar-refractivity contribution in [2.75, 3.05) is 7.11 Å². The van der Waals surface area contributed by atoms with Gasteiger partial charge in [-0.15, -0.1) is 0 Å². The van der Waals surface area contributed by atoms with Crippen molar-refractivity contribution < 1.29 is 19.0 Å². The average molecular weight is 276 g/mol. The first-order chi connectivity index (χ1) is 9.69. The molecule has 0 aromatic heterocycles. The lowest BCUT2D eigenvalue weighted by atomic mass is 10.1. The molecule has 0 unspecified atom stereocenters. The van der Waals surface area contributed by atoms with Gasteiger partial charge in [-0.2, -0.15) is 0 Å². The fourth-order valence-corrected chi connectivity index (χ4v) is 2.20. The first-order valence-corrected chi connectivity index (χ1v) is 6.79. The molecular formula is C16H20O4. The van der Waals surface area contributed by atoms with Crippen molar-refractivity contribution in [3.05, 3.63) is 48.0 Å². The highest BCUT2D eigenvalue weighted by Gasteiger charge is 2.27. The Morgan fingerprint density at radius 2 is 2.10 bits per heavy atom. The Kier molecular flexibility index (Phi) is 5.32. The van der Waals surface area contributed by atoms with E-state index in [4.69, 9.17) is 9.47 Å². The lowest BCUT2D eigenvalue weighted by Gasteiger charge is -2.34. The Morgan fingerprint density at radius 1 is 1.35 bits per heavy atom. The molecule has 0 spiro atoms. The van der Waals surface area contributed by atoms with Gasteiger partial charge in [0.25, 0.3) is 0 Å². The fourth-order valence-electron chi connectivity index (χ4n) is 2.20. The van der Waals surface area contributed by atoms with Crippen LogP contribution < -0.4 is 0 Å². The van der Waals surface area contributed by atoms with Gasteiger partial charge in [0.2, 0.25) is 0 Å². The third kappa shape index (κ3) is 4.18. The minimum Gasteiger partial charge on any atom is -0.466 e. The van der Waals surface area contributed by atoms with Gasteiger partial charge in [0, 0.05) is 18.1 Å². The maximum atomic E-state index is 11.0. The quantitative estimate of drug-likeness (QED) is 0.626. The van der Waals surface area contributed by atoms with Gasteiger partial charge in [-0.05, 0) is 13.3 Å². The summed E-state index contributed by atoms with van der Waals surface area (Å²) in [5, 5.41) is 0. The zero-order chi connectivity index (χ0) is 14.4. The second kappa shape index (κ2) is 7.22. The van der Waals surface area contributed by atoms with Crippen molar-refractivity contribution in [1.29, 1.82) is 0 Å². The number of methoxy groups -OCH3 is 1. The molecule has 20 heavy (non-hydrogen) atoms. The normalized spacial score (nSPS) is 26.6. The van der Waals surface area contributed by atoms with Gasteiger partial charge in [0.1, 0.15) is 0 Å². The van der Waals surface area contributed by atoms with Crippen molar-refractivity contribution in [3.63, 3.8) is 0 Å². The molecule has 1 aliphatic heterocycles. The maximum Gasteiger partial charge on any atom is 0.330 e. The zero-order valence-electron chi connectivity index (χ0n) is 11.8. The van der Waals surface area contributed by atoms with Crippen molar-refractivity contribution in [1.82, 2.24) is 0 Å². The predicted molar refractivity (Wildman–Crippen MR) is 75.0 cm³/mol. The summed E-state index contributed by atoms with van der Waals surface area (Å²) >= 11 is 0. The SMILES string of the molecule is COC(=O)/C=C\C[C@H]1C[C@@H](C)O[C@@H](c2ccccc2)O1. The van der Waals surface area contributed by atoms with Gasteiger partial charge < -0.3 is 14.2 Å². The fraction of sp³-hybridized carbons (Fsp3) is 0.438. The van der Waals surface area contributed by atoms with E-state index in [0.29, 0.717) is 6.42 Å². The monoisotopic (exact) mass is 276 g/mol. The van der Waals surface area contributed by atoms with Crippen molar-refractivity contribution in [2.24, 2.45) is 0 Å². The molecule has 4 nitrogen and oxygen atoms in total. The van der Waals surface area contributed by atoms with Crippen LogP contribution in [0.1, 0.15) is 31.6 Å². The van der Waals surface area contributed by atoms with Gasteiger partial charge in [0.15, 0.2) is 6.29 Å². The topological polar surface area (TPSA) is 44.8 Å². The van der Waals surface area contributed by atoms with E-state index >= 15 is 0 Å². The highest BCUT2D eigenvalue weighted by molar-refractivity contribution is 5.81.